The van der Waals surface area contributed by atoms with Crippen LogP contribution in [0.3, 0.4) is 0 Å². The topological polar surface area (TPSA) is 114 Å². The summed E-state index contributed by atoms with van der Waals surface area (Å²) in [7, 11) is 4.57. The molecule has 0 aliphatic heterocycles. The average molecular weight is 549 g/mol. The van der Waals surface area contributed by atoms with Gasteiger partial charge in [-0.05, 0) is 36.4 Å². The molecule has 186 valence electrons. The van der Waals surface area contributed by atoms with Gasteiger partial charge in [-0.15, -0.1) is 11.3 Å². The second-order valence-electron chi connectivity index (χ2n) is 7.02. The standard InChI is InChI=1S/C23H18Cl2N4O6S/c1-32-19-8-13(9-20(33-2)22(19)34-3)18-12-36-23(27-14-4-6-16(24)17(25)10-14)28(18)26-11-15-5-7-21(35-15)29(30)31/h4-12H,1-3H3. The van der Waals surface area contributed by atoms with E-state index >= 15 is 0 Å². The van der Waals surface area contributed by atoms with Crippen LogP contribution in [0.1, 0.15) is 5.76 Å². The Morgan fingerprint density at radius 1 is 1.03 bits per heavy atom. The first-order valence-electron chi connectivity index (χ1n) is 10.1. The van der Waals surface area contributed by atoms with Crippen LogP contribution >= 0.6 is 34.5 Å². The van der Waals surface area contributed by atoms with Crippen LogP contribution in [0.5, 0.6) is 17.2 Å². The van der Waals surface area contributed by atoms with Crippen LogP contribution in [0.15, 0.2) is 62.4 Å². The lowest BCUT2D eigenvalue weighted by molar-refractivity contribution is -0.402. The number of hydrogen-bond donors (Lipinski definition) is 0. The summed E-state index contributed by atoms with van der Waals surface area (Å²) in [5.74, 6) is 1.16. The first kappa shape index (κ1) is 25.3. The zero-order valence-electron chi connectivity index (χ0n) is 19.1. The number of rotatable bonds is 8. The largest absolute Gasteiger partial charge is 0.493 e. The Bertz CT molecular complexity index is 1500. The summed E-state index contributed by atoms with van der Waals surface area (Å²) in [6.45, 7) is 0. The summed E-state index contributed by atoms with van der Waals surface area (Å²) in [5.41, 5.74) is 1.88. The van der Waals surface area contributed by atoms with Crippen molar-refractivity contribution in [2.24, 2.45) is 10.1 Å². The van der Waals surface area contributed by atoms with Crippen molar-refractivity contribution in [3.05, 3.63) is 78.6 Å². The van der Waals surface area contributed by atoms with Gasteiger partial charge in [0.1, 0.15) is 4.92 Å². The molecule has 0 aliphatic rings. The van der Waals surface area contributed by atoms with Crippen molar-refractivity contribution in [1.29, 1.82) is 0 Å². The molecule has 0 amide bonds. The zero-order valence-corrected chi connectivity index (χ0v) is 21.4. The third kappa shape index (κ3) is 5.23. The van der Waals surface area contributed by atoms with Gasteiger partial charge in [-0.25, -0.2) is 9.67 Å². The van der Waals surface area contributed by atoms with E-state index in [0.29, 0.717) is 49.0 Å². The monoisotopic (exact) mass is 548 g/mol. The van der Waals surface area contributed by atoms with E-state index in [9.17, 15) is 10.1 Å². The fourth-order valence-corrected chi connectivity index (χ4v) is 4.35. The minimum absolute atomic E-state index is 0.191. The van der Waals surface area contributed by atoms with Gasteiger partial charge in [0, 0.05) is 10.9 Å². The van der Waals surface area contributed by atoms with Gasteiger partial charge in [-0.3, -0.25) is 10.1 Å². The van der Waals surface area contributed by atoms with Crippen molar-refractivity contribution < 1.29 is 23.6 Å². The van der Waals surface area contributed by atoms with E-state index in [1.165, 1.54) is 51.0 Å². The summed E-state index contributed by atoms with van der Waals surface area (Å²) in [6, 6.07) is 11.2. The smallest absolute Gasteiger partial charge is 0.433 e. The Kier molecular flexibility index (Phi) is 7.63. The number of nitro groups is 1. The Morgan fingerprint density at radius 2 is 1.75 bits per heavy atom. The van der Waals surface area contributed by atoms with Crippen molar-refractivity contribution >= 4 is 52.3 Å². The van der Waals surface area contributed by atoms with Crippen LogP contribution < -0.4 is 19.0 Å². The molecule has 2 aromatic carbocycles. The number of ether oxygens (including phenoxy) is 3. The fraction of sp³-hybridized carbons (Fsp3) is 0.130. The molecule has 0 bridgehead atoms. The third-order valence-electron chi connectivity index (χ3n) is 4.87. The lowest BCUT2D eigenvalue weighted by Crippen LogP contribution is -2.11. The molecule has 4 aromatic rings. The number of aromatic nitrogens is 1. The molecule has 0 saturated carbocycles. The number of benzene rings is 2. The molecule has 0 aliphatic carbocycles. The van der Waals surface area contributed by atoms with E-state index in [2.05, 4.69) is 10.1 Å². The highest BCUT2D eigenvalue weighted by Crippen LogP contribution is 2.41. The maximum absolute atomic E-state index is 11.0. The van der Waals surface area contributed by atoms with E-state index in [-0.39, 0.29) is 5.76 Å². The molecule has 10 nitrogen and oxygen atoms in total. The van der Waals surface area contributed by atoms with Gasteiger partial charge in [-0.1, -0.05) is 23.2 Å². The van der Waals surface area contributed by atoms with Crippen LogP contribution in [-0.4, -0.2) is 37.1 Å². The SMILES string of the molecule is COc1cc(-c2csc(=Nc3ccc(Cl)c(Cl)c3)n2N=Cc2ccc([N+](=O)[O-])o2)cc(OC)c1OC. The first-order valence-corrected chi connectivity index (χ1v) is 11.8. The Balaban J connectivity index is 1.89. The normalized spacial score (nSPS) is 11.8. The van der Waals surface area contributed by atoms with Crippen LogP contribution in [0.4, 0.5) is 11.6 Å². The molecule has 0 fully saturated rings. The fourth-order valence-electron chi connectivity index (χ4n) is 3.21. The van der Waals surface area contributed by atoms with Crippen LogP contribution in [0.2, 0.25) is 10.0 Å². The highest BCUT2D eigenvalue weighted by Gasteiger charge is 2.17. The second-order valence-corrected chi connectivity index (χ2v) is 8.67. The van der Waals surface area contributed by atoms with Gasteiger partial charge < -0.3 is 18.6 Å². The molecule has 0 radical (unpaired) electrons. The number of nitrogens with zero attached hydrogens (tertiary/aromatic N) is 4. The molecule has 0 unspecified atom stereocenters. The number of thiazole rings is 1. The molecular weight excluding hydrogens is 531 g/mol. The third-order valence-corrected chi connectivity index (χ3v) is 6.42. The second kappa shape index (κ2) is 10.9. The predicted octanol–water partition coefficient (Wildman–Crippen LogP) is 6.17. The van der Waals surface area contributed by atoms with Gasteiger partial charge in [0.25, 0.3) is 0 Å². The number of hydrogen-bond acceptors (Lipinski definition) is 9. The average Bonchev–Trinajstić information content (AvgIpc) is 3.51. The number of halogens is 2. The van der Waals surface area contributed by atoms with Crippen molar-refractivity contribution in [2.45, 2.75) is 0 Å². The quantitative estimate of drug-likeness (QED) is 0.148. The van der Waals surface area contributed by atoms with E-state index in [1.807, 2.05) is 5.38 Å². The van der Waals surface area contributed by atoms with Crippen LogP contribution in [-0.2, 0) is 0 Å². The van der Waals surface area contributed by atoms with Gasteiger partial charge in [0.15, 0.2) is 17.3 Å². The highest BCUT2D eigenvalue weighted by molar-refractivity contribution is 7.07. The molecular formula is C23H18Cl2N4O6S. The van der Waals surface area contributed by atoms with Crippen molar-refractivity contribution in [3.63, 3.8) is 0 Å². The lowest BCUT2D eigenvalue weighted by Gasteiger charge is -2.14. The zero-order chi connectivity index (χ0) is 25.8. The molecule has 36 heavy (non-hydrogen) atoms. The van der Waals surface area contributed by atoms with Gasteiger partial charge in [0.05, 0.1) is 55.0 Å². The molecule has 0 N–H and O–H groups in total. The summed E-state index contributed by atoms with van der Waals surface area (Å²) >= 11 is 13.5. The van der Waals surface area contributed by atoms with E-state index in [1.54, 1.807) is 35.0 Å². The summed E-state index contributed by atoms with van der Waals surface area (Å²) in [5, 5.41) is 18.1. The van der Waals surface area contributed by atoms with E-state index in [4.69, 9.17) is 41.8 Å². The first-order chi connectivity index (χ1) is 17.3. The number of furan rings is 1. The van der Waals surface area contributed by atoms with Gasteiger partial charge in [0.2, 0.25) is 10.6 Å². The van der Waals surface area contributed by atoms with Crippen molar-refractivity contribution in [1.82, 2.24) is 4.68 Å². The summed E-state index contributed by atoms with van der Waals surface area (Å²) < 4.78 is 23.1. The van der Waals surface area contributed by atoms with Crippen LogP contribution in [0, 0.1) is 10.1 Å². The maximum Gasteiger partial charge on any atom is 0.433 e. The molecule has 0 saturated heterocycles. The van der Waals surface area contributed by atoms with Crippen LogP contribution in [0.25, 0.3) is 11.3 Å². The molecule has 2 heterocycles. The van der Waals surface area contributed by atoms with E-state index < -0.39 is 10.8 Å². The van der Waals surface area contributed by atoms with Gasteiger partial charge >= 0.3 is 5.88 Å². The minimum Gasteiger partial charge on any atom is -0.493 e. The minimum atomic E-state index is -0.624. The molecule has 0 spiro atoms. The lowest BCUT2D eigenvalue weighted by atomic mass is 10.1. The Labute approximate surface area is 218 Å². The maximum atomic E-state index is 11.0. The van der Waals surface area contributed by atoms with Gasteiger partial charge in [-0.2, -0.15) is 5.10 Å². The molecule has 2 aromatic heterocycles. The van der Waals surface area contributed by atoms with E-state index in [0.717, 1.165) is 0 Å². The molecule has 13 heteroatoms. The Morgan fingerprint density at radius 3 is 2.33 bits per heavy atom. The predicted molar refractivity (Wildman–Crippen MR) is 137 cm³/mol. The highest BCUT2D eigenvalue weighted by atomic mass is 35.5. The number of methoxy groups -OCH3 is 3. The summed E-state index contributed by atoms with van der Waals surface area (Å²) in [4.78, 5) is 15.5. The van der Waals surface area contributed by atoms with Crippen molar-refractivity contribution in [3.8, 4) is 28.5 Å². The Hall–Kier alpha value is -3.80. The molecule has 0 atom stereocenters. The summed E-state index contributed by atoms with van der Waals surface area (Å²) in [6.07, 6.45) is 1.36. The van der Waals surface area contributed by atoms with Crippen molar-refractivity contribution in [2.75, 3.05) is 21.3 Å². The molecule has 4 rings (SSSR count).